The van der Waals surface area contributed by atoms with Crippen LogP contribution in [0.2, 0.25) is 0 Å². The summed E-state index contributed by atoms with van der Waals surface area (Å²) in [6.07, 6.45) is 1.49. The lowest BCUT2D eigenvalue weighted by Gasteiger charge is -2.11. The molecule has 0 aliphatic carbocycles. The van der Waals surface area contributed by atoms with Gasteiger partial charge >= 0.3 is 5.97 Å². The maximum absolute atomic E-state index is 12.5. The van der Waals surface area contributed by atoms with Crippen LogP contribution in [0.5, 0.6) is 0 Å². The van der Waals surface area contributed by atoms with Gasteiger partial charge in [0.1, 0.15) is 12.2 Å². The van der Waals surface area contributed by atoms with E-state index in [1.54, 1.807) is 48.5 Å². The molecule has 2 amide bonds. The Bertz CT molecular complexity index is 819. The molecule has 6 nitrogen and oxygen atoms in total. The van der Waals surface area contributed by atoms with Crippen molar-refractivity contribution in [3.63, 3.8) is 0 Å². The van der Waals surface area contributed by atoms with Gasteiger partial charge in [0.15, 0.2) is 0 Å². The molecule has 2 aromatic rings. The molecule has 0 aliphatic rings. The Hall–Kier alpha value is -2.68. The molecule has 0 atom stereocenters. The topological polar surface area (TPSA) is 95.5 Å². The highest BCUT2D eigenvalue weighted by Crippen LogP contribution is 2.12. The van der Waals surface area contributed by atoms with Gasteiger partial charge in [-0.25, -0.2) is 0 Å². The summed E-state index contributed by atoms with van der Waals surface area (Å²) in [5, 5.41) is 13.5. The second-order valence-corrected chi connectivity index (χ2v) is 6.14. The van der Waals surface area contributed by atoms with Gasteiger partial charge in [-0.05, 0) is 46.4 Å². The Balaban J connectivity index is 2.26. The van der Waals surface area contributed by atoms with E-state index in [0.29, 0.717) is 11.1 Å². The molecule has 0 bridgehead atoms. The summed E-state index contributed by atoms with van der Waals surface area (Å²) < 4.78 is 0.739. The van der Waals surface area contributed by atoms with E-state index in [4.69, 9.17) is 5.11 Å². The summed E-state index contributed by atoms with van der Waals surface area (Å²) in [6, 6.07) is 15.9. The van der Waals surface area contributed by atoms with Crippen molar-refractivity contribution < 1.29 is 19.5 Å². The fourth-order valence-electron chi connectivity index (χ4n) is 1.96. The first kappa shape index (κ1) is 18.7. The van der Waals surface area contributed by atoms with E-state index in [1.165, 1.54) is 6.08 Å². The van der Waals surface area contributed by atoms with Crippen LogP contribution in [0.25, 0.3) is 6.08 Å². The average molecular weight is 450 g/mol. The molecule has 7 heteroatoms. The third-order valence-corrected chi connectivity index (χ3v) is 4.06. The Morgan fingerprint density at radius 3 is 2.28 bits per heavy atom. The molecule has 128 valence electrons. The van der Waals surface area contributed by atoms with E-state index >= 15 is 0 Å². The van der Waals surface area contributed by atoms with Gasteiger partial charge in [0, 0.05) is 3.57 Å². The van der Waals surface area contributed by atoms with Crippen LogP contribution in [0.3, 0.4) is 0 Å². The molecule has 0 saturated carbocycles. The second kappa shape index (κ2) is 8.97. The Morgan fingerprint density at radius 1 is 1.00 bits per heavy atom. The van der Waals surface area contributed by atoms with Crippen molar-refractivity contribution >= 4 is 46.5 Å². The lowest BCUT2D eigenvalue weighted by molar-refractivity contribution is -0.137. The SMILES string of the molecule is O=C(O)CNC(=O)C(=Cc1ccccc1)NC(=O)c1ccccc1I. The Labute approximate surface area is 158 Å². The van der Waals surface area contributed by atoms with Crippen LogP contribution in [-0.2, 0) is 9.59 Å². The standard InChI is InChI=1S/C18H15IN2O4/c19-14-9-5-4-8-13(14)17(24)21-15(18(25)20-11-16(22)23)10-12-6-2-1-3-7-12/h1-10H,11H2,(H,20,25)(H,21,24)(H,22,23). The molecule has 3 N–H and O–H groups in total. The fraction of sp³-hybridized carbons (Fsp3) is 0.0556. The van der Waals surface area contributed by atoms with Gasteiger partial charge in [-0.3, -0.25) is 14.4 Å². The minimum atomic E-state index is -1.17. The molecule has 0 fully saturated rings. The molecule has 0 saturated heterocycles. The number of aliphatic carboxylic acids is 1. The number of benzene rings is 2. The number of carboxylic acids is 1. The number of carbonyl (C=O) groups is 3. The Morgan fingerprint density at radius 2 is 1.64 bits per heavy atom. The van der Waals surface area contributed by atoms with Gasteiger partial charge in [0.25, 0.3) is 11.8 Å². The Kier molecular flexibility index (Phi) is 6.70. The number of rotatable bonds is 6. The van der Waals surface area contributed by atoms with E-state index in [2.05, 4.69) is 10.6 Å². The molecule has 25 heavy (non-hydrogen) atoms. The maximum atomic E-state index is 12.5. The van der Waals surface area contributed by atoms with Crippen LogP contribution < -0.4 is 10.6 Å². The fourth-order valence-corrected chi connectivity index (χ4v) is 2.59. The first-order valence-electron chi connectivity index (χ1n) is 7.30. The zero-order valence-corrected chi connectivity index (χ0v) is 15.2. The number of hydrogen-bond donors (Lipinski definition) is 3. The van der Waals surface area contributed by atoms with E-state index in [0.717, 1.165) is 3.57 Å². The van der Waals surface area contributed by atoms with E-state index in [9.17, 15) is 14.4 Å². The van der Waals surface area contributed by atoms with E-state index < -0.39 is 24.3 Å². The predicted molar refractivity (Wildman–Crippen MR) is 102 cm³/mol. The molecule has 2 rings (SSSR count). The van der Waals surface area contributed by atoms with Gasteiger partial charge in [0.05, 0.1) is 5.56 Å². The normalized spacial score (nSPS) is 10.8. The quantitative estimate of drug-likeness (QED) is 0.465. The van der Waals surface area contributed by atoms with Crippen molar-refractivity contribution in [1.82, 2.24) is 10.6 Å². The molecular weight excluding hydrogens is 435 g/mol. The van der Waals surface area contributed by atoms with Crippen LogP contribution in [-0.4, -0.2) is 29.4 Å². The number of nitrogens with one attached hydrogen (secondary N) is 2. The molecule has 0 aliphatic heterocycles. The molecule has 0 unspecified atom stereocenters. The minimum Gasteiger partial charge on any atom is -0.480 e. The van der Waals surface area contributed by atoms with Crippen molar-refractivity contribution in [2.24, 2.45) is 0 Å². The van der Waals surface area contributed by atoms with Gasteiger partial charge in [0.2, 0.25) is 0 Å². The lowest BCUT2D eigenvalue weighted by Crippen LogP contribution is -2.37. The van der Waals surface area contributed by atoms with Crippen LogP contribution in [0.4, 0.5) is 0 Å². The largest absolute Gasteiger partial charge is 0.480 e. The summed E-state index contributed by atoms with van der Waals surface area (Å²) in [6.45, 7) is -0.538. The highest BCUT2D eigenvalue weighted by Gasteiger charge is 2.16. The van der Waals surface area contributed by atoms with Crippen molar-refractivity contribution in [1.29, 1.82) is 0 Å². The van der Waals surface area contributed by atoms with Gasteiger partial charge in [-0.2, -0.15) is 0 Å². The zero-order valence-electron chi connectivity index (χ0n) is 13.0. The molecular formula is C18H15IN2O4. The van der Waals surface area contributed by atoms with Crippen molar-refractivity contribution in [3.05, 3.63) is 75.0 Å². The molecule has 2 aromatic carbocycles. The van der Waals surface area contributed by atoms with Crippen molar-refractivity contribution in [2.45, 2.75) is 0 Å². The van der Waals surface area contributed by atoms with Crippen molar-refractivity contribution in [2.75, 3.05) is 6.54 Å². The molecule has 0 aromatic heterocycles. The number of halogens is 1. The predicted octanol–water partition coefficient (Wildman–Crippen LogP) is 2.26. The number of amides is 2. The van der Waals surface area contributed by atoms with Crippen LogP contribution in [0.15, 0.2) is 60.3 Å². The van der Waals surface area contributed by atoms with Gasteiger partial charge in [-0.1, -0.05) is 42.5 Å². The molecule has 0 heterocycles. The summed E-state index contributed by atoms with van der Waals surface area (Å²) in [4.78, 5) is 35.4. The minimum absolute atomic E-state index is 0.0305. The monoisotopic (exact) mass is 450 g/mol. The number of carbonyl (C=O) groups excluding carboxylic acids is 2. The summed E-state index contributed by atoms with van der Waals surface area (Å²) >= 11 is 2.03. The highest BCUT2D eigenvalue weighted by atomic mass is 127. The first-order valence-corrected chi connectivity index (χ1v) is 8.38. The van der Waals surface area contributed by atoms with Crippen LogP contribution >= 0.6 is 22.6 Å². The maximum Gasteiger partial charge on any atom is 0.322 e. The number of carboxylic acid groups (broad SMARTS) is 1. The summed E-state index contributed by atoms with van der Waals surface area (Å²) in [7, 11) is 0. The third kappa shape index (κ3) is 5.71. The lowest BCUT2D eigenvalue weighted by atomic mass is 10.1. The van der Waals surface area contributed by atoms with Crippen molar-refractivity contribution in [3.8, 4) is 0 Å². The summed E-state index contributed by atoms with van der Waals surface area (Å²) in [5.74, 6) is -2.29. The second-order valence-electron chi connectivity index (χ2n) is 4.98. The van der Waals surface area contributed by atoms with E-state index in [1.807, 2.05) is 28.7 Å². The van der Waals surface area contributed by atoms with Crippen LogP contribution in [0, 0.1) is 3.57 Å². The number of hydrogen-bond acceptors (Lipinski definition) is 3. The average Bonchev–Trinajstić information content (AvgIpc) is 2.60. The first-order chi connectivity index (χ1) is 12.0. The van der Waals surface area contributed by atoms with Gasteiger partial charge < -0.3 is 15.7 Å². The highest BCUT2D eigenvalue weighted by molar-refractivity contribution is 14.1. The van der Waals surface area contributed by atoms with Gasteiger partial charge in [-0.15, -0.1) is 0 Å². The third-order valence-electron chi connectivity index (χ3n) is 3.12. The zero-order chi connectivity index (χ0) is 18.2. The van der Waals surface area contributed by atoms with Crippen LogP contribution in [0.1, 0.15) is 15.9 Å². The summed E-state index contributed by atoms with van der Waals surface area (Å²) in [5.41, 5.74) is 1.09. The molecule has 0 spiro atoms. The van der Waals surface area contributed by atoms with E-state index in [-0.39, 0.29) is 5.70 Å². The molecule has 0 radical (unpaired) electrons. The smallest absolute Gasteiger partial charge is 0.322 e.